The highest BCUT2D eigenvalue weighted by molar-refractivity contribution is 5.65. The summed E-state index contributed by atoms with van der Waals surface area (Å²) in [5.74, 6) is 1.45. The van der Waals surface area contributed by atoms with Crippen LogP contribution in [0, 0.1) is 0 Å². The SMILES string of the molecule is CCN1C=Cc2cc3c(cc2C1/C=C/c1ccc(C(F)(F)F)cc1)OCO3. The van der Waals surface area contributed by atoms with E-state index in [0.29, 0.717) is 5.75 Å². The van der Waals surface area contributed by atoms with Gasteiger partial charge in [-0.2, -0.15) is 13.2 Å². The molecular formula is C21H18F3NO2. The lowest BCUT2D eigenvalue weighted by Crippen LogP contribution is -2.24. The lowest BCUT2D eigenvalue weighted by molar-refractivity contribution is -0.137. The van der Waals surface area contributed by atoms with Crippen LogP contribution in [0.5, 0.6) is 11.5 Å². The first-order chi connectivity index (χ1) is 13.0. The van der Waals surface area contributed by atoms with Gasteiger partial charge in [0, 0.05) is 12.7 Å². The van der Waals surface area contributed by atoms with Crippen molar-refractivity contribution in [2.24, 2.45) is 0 Å². The zero-order valence-electron chi connectivity index (χ0n) is 14.7. The number of alkyl halides is 3. The van der Waals surface area contributed by atoms with Crippen LogP contribution in [0.25, 0.3) is 12.2 Å². The van der Waals surface area contributed by atoms with E-state index in [4.69, 9.17) is 9.47 Å². The molecule has 6 heteroatoms. The molecule has 0 amide bonds. The molecule has 0 aromatic heterocycles. The van der Waals surface area contributed by atoms with Gasteiger partial charge in [-0.15, -0.1) is 0 Å². The van der Waals surface area contributed by atoms with Crippen molar-refractivity contribution >= 4 is 12.2 Å². The first-order valence-corrected chi connectivity index (χ1v) is 8.68. The molecule has 0 radical (unpaired) electrons. The molecule has 3 nitrogen and oxygen atoms in total. The molecule has 27 heavy (non-hydrogen) atoms. The fraction of sp³-hybridized carbons (Fsp3) is 0.238. The molecule has 2 aliphatic heterocycles. The van der Waals surface area contributed by atoms with E-state index < -0.39 is 11.7 Å². The zero-order valence-corrected chi connectivity index (χ0v) is 14.7. The van der Waals surface area contributed by atoms with Crippen LogP contribution in [-0.4, -0.2) is 18.2 Å². The highest BCUT2D eigenvalue weighted by atomic mass is 19.4. The first kappa shape index (κ1) is 17.5. The van der Waals surface area contributed by atoms with E-state index in [1.165, 1.54) is 12.1 Å². The van der Waals surface area contributed by atoms with Crippen molar-refractivity contribution in [2.45, 2.75) is 19.1 Å². The van der Waals surface area contributed by atoms with Crippen LogP contribution >= 0.6 is 0 Å². The second kappa shape index (κ2) is 6.68. The van der Waals surface area contributed by atoms with Gasteiger partial charge in [0.1, 0.15) is 0 Å². The molecule has 140 valence electrons. The number of nitrogens with zero attached hydrogens (tertiary/aromatic N) is 1. The van der Waals surface area contributed by atoms with E-state index in [2.05, 4.69) is 11.8 Å². The maximum absolute atomic E-state index is 12.7. The van der Waals surface area contributed by atoms with E-state index >= 15 is 0 Å². The lowest BCUT2D eigenvalue weighted by Gasteiger charge is -2.32. The van der Waals surface area contributed by atoms with Crippen LogP contribution in [0.4, 0.5) is 13.2 Å². The van der Waals surface area contributed by atoms with Crippen LogP contribution in [0.3, 0.4) is 0 Å². The van der Waals surface area contributed by atoms with Gasteiger partial charge in [0.15, 0.2) is 11.5 Å². The van der Waals surface area contributed by atoms with Gasteiger partial charge < -0.3 is 14.4 Å². The number of rotatable bonds is 3. The third-order valence-corrected chi connectivity index (χ3v) is 4.77. The third-order valence-electron chi connectivity index (χ3n) is 4.77. The van der Waals surface area contributed by atoms with Crippen molar-refractivity contribution in [1.29, 1.82) is 0 Å². The van der Waals surface area contributed by atoms with Gasteiger partial charge >= 0.3 is 6.18 Å². The van der Waals surface area contributed by atoms with Gasteiger partial charge in [0.25, 0.3) is 0 Å². The summed E-state index contributed by atoms with van der Waals surface area (Å²) in [5, 5.41) is 0. The Bertz CT molecular complexity index is 901. The van der Waals surface area contributed by atoms with Gasteiger partial charge in [-0.3, -0.25) is 0 Å². The summed E-state index contributed by atoms with van der Waals surface area (Å²) in [4.78, 5) is 2.16. The Labute approximate surface area is 155 Å². The molecule has 0 N–H and O–H groups in total. The largest absolute Gasteiger partial charge is 0.454 e. The number of likely N-dealkylation sites (N-methyl/N-ethyl adjacent to an activating group) is 1. The summed E-state index contributed by atoms with van der Waals surface area (Å²) in [6, 6.07) is 9.07. The number of hydrogen-bond donors (Lipinski definition) is 0. The number of fused-ring (bicyclic) bond motifs is 2. The molecule has 0 saturated heterocycles. The minimum absolute atomic E-state index is 0.0354. The minimum atomic E-state index is -4.32. The van der Waals surface area contributed by atoms with Gasteiger partial charge in [0.2, 0.25) is 6.79 Å². The van der Waals surface area contributed by atoms with Crippen molar-refractivity contribution in [1.82, 2.24) is 4.90 Å². The van der Waals surface area contributed by atoms with Gasteiger partial charge in [-0.25, -0.2) is 0 Å². The molecule has 2 aromatic rings. The Morgan fingerprint density at radius 3 is 2.48 bits per heavy atom. The summed E-state index contributed by atoms with van der Waals surface area (Å²) < 4.78 is 49.1. The molecule has 0 spiro atoms. The second-order valence-corrected chi connectivity index (χ2v) is 6.40. The van der Waals surface area contributed by atoms with E-state index in [1.807, 2.05) is 36.6 Å². The summed E-state index contributed by atoms with van der Waals surface area (Å²) in [6.07, 6.45) is 3.57. The number of ether oxygens (including phenoxy) is 2. The molecule has 2 heterocycles. The van der Waals surface area contributed by atoms with E-state index in [0.717, 1.165) is 41.1 Å². The molecular weight excluding hydrogens is 355 g/mol. The third kappa shape index (κ3) is 3.39. The monoisotopic (exact) mass is 373 g/mol. The molecule has 1 atom stereocenters. The predicted molar refractivity (Wildman–Crippen MR) is 97.2 cm³/mol. The van der Waals surface area contributed by atoms with Gasteiger partial charge in [0.05, 0.1) is 11.6 Å². The highest BCUT2D eigenvalue weighted by Gasteiger charge is 2.30. The van der Waals surface area contributed by atoms with Crippen LogP contribution in [-0.2, 0) is 6.18 Å². The van der Waals surface area contributed by atoms with E-state index in [9.17, 15) is 13.2 Å². The Morgan fingerprint density at radius 2 is 1.81 bits per heavy atom. The summed E-state index contributed by atoms with van der Waals surface area (Å²) in [7, 11) is 0. The maximum atomic E-state index is 12.7. The van der Waals surface area contributed by atoms with Crippen LogP contribution in [0.1, 0.15) is 35.2 Å². The van der Waals surface area contributed by atoms with Crippen molar-refractivity contribution in [3.8, 4) is 11.5 Å². The van der Waals surface area contributed by atoms with Crippen molar-refractivity contribution in [3.05, 3.63) is 70.9 Å². The van der Waals surface area contributed by atoms with Crippen LogP contribution in [0.15, 0.2) is 48.7 Å². The molecule has 0 fully saturated rings. The molecule has 0 bridgehead atoms. The number of benzene rings is 2. The average Bonchev–Trinajstić information content (AvgIpc) is 3.11. The highest BCUT2D eigenvalue weighted by Crippen LogP contribution is 2.41. The van der Waals surface area contributed by atoms with Gasteiger partial charge in [-0.1, -0.05) is 24.3 Å². The van der Waals surface area contributed by atoms with Gasteiger partial charge in [-0.05, 0) is 54.0 Å². The Hall–Kier alpha value is -2.89. The summed E-state index contributed by atoms with van der Waals surface area (Å²) >= 11 is 0. The van der Waals surface area contributed by atoms with Crippen molar-refractivity contribution in [3.63, 3.8) is 0 Å². The molecule has 2 aromatic carbocycles. The summed E-state index contributed by atoms with van der Waals surface area (Å²) in [5.41, 5.74) is 2.20. The number of halogens is 3. The normalized spacial score (nSPS) is 18.2. The smallest absolute Gasteiger partial charge is 0.416 e. The minimum Gasteiger partial charge on any atom is -0.454 e. The summed E-state index contributed by atoms with van der Waals surface area (Å²) in [6.45, 7) is 3.07. The van der Waals surface area contributed by atoms with E-state index in [1.54, 1.807) is 0 Å². The van der Waals surface area contributed by atoms with Crippen molar-refractivity contribution in [2.75, 3.05) is 13.3 Å². The first-order valence-electron chi connectivity index (χ1n) is 8.68. The Morgan fingerprint density at radius 1 is 1.11 bits per heavy atom. The quantitative estimate of drug-likeness (QED) is 0.710. The Balaban J connectivity index is 1.64. The topological polar surface area (TPSA) is 21.7 Å². The molecule has 4 rings (SSSR count). The molecule has 1 unspecified atom stereocenters. The molecule has 2 aliphatic rings. The van der Waals surface area contributed by atoms with Crippen LogP contribution in [0.2, 0.25) is 0 Å². The second-order valence-electron chi connectivity index (χ2n) is 6.40. The standard InChI is InChI=1S/C21H18F3NO2/c1-2-25-10-9-15-11-19-20(27-13-26-19)12-17(15)18(25)8-5-14-3-6-16(7-4-14)21(22,23)24/h3-12,18H,2,13H2,1H3/b8-5+. The van der Waals surface area contributed by atoms with E-state index in [-0.39, 0.29) is 12.8 Å². The Kier molecular flexibility index (Phi) is 4.34. The maximum Gasteiger partial charge on any atom is 0.416 e. The molecule has 0 saturated carbocycles. The predicted octanol–water partition coefficient (Wildman–Crippen LogP) is 5.49. The van der Waals surface area contributed by atoms with Crippen LogP contribution < -0.4 is 9.47 Å². The molecule has 0 aliphatic carbocycles. The fourth-order valence-corrected chi connectivity index (χ4v) is 3.32. The van der Waals surface area contributed by atoms with Crippen molar-refractivity contribution < 1.29 is 22.6 Å². The lowest BCUT2D eigenvalue weighted by atomic mass is 9.94. The number of hydrogen-bond acceptors (Lipinski definition) is 3. The average molecular weight is 373 g/mol. The fourth-order valence-electron chi connectivity index (χ4n) is 3.32. The zero-order chi connectivity index (χ0) is 19.0.